The third kappa shape index (κ3) is 6.39. The van der Waals surface area contributed by atoms with Gasteiger partial charge in [0.1, 0.15) is 22.8 Å². The molecule has 2 heterocycles. The van der Waals surface area contributed by atoms with Crippen molar-refractivity contribution in [3.8, 4) is 5.75 Å². The van der Waals surface area contributed by atoms with Crippen LogP contribution in [0.5, 0.6) is 5.75 Å². The minimum atomic E-state index is -4.31. The third-order valence-corrected chi connectivity index (χ3v) is 7.10. The van der Waals surface area contributed by atoms with Crippen LogP contribution in [0.1, 0.15) is 33.9 Å². The highest BCUT2D eigenvalue weighted by Crippen LogP contribution is 2.52. The Kier molecular flexibility index (Phi) is 8.23. The van der Waals surface area contributed by atoms with Gasteiger partial charge in [-0.1, -0.05) is 18.2 Å². The van der Waals surface area contributed by atoms with E-state index < -0.39 is 60.1 Å². The fourth-order valence-electron chi connectivity index (χ4n) is 3.27. The number of carbonyl (C=O) groups is 1. The molecule has 2 N–H and O–H groups in total. The molecule has 0 amide bonds. The first-order valence-corrected chi connectivity index (χ1v) is 12.6. The lowest BCUT2D eigenvalue weighted by atomic mass is 10.1. The van der Waals surface area contributed by atoms with Crippen molar-refractivity contribution in [3.05, 3.63) is 63.2 Å². The number of esters is 1. The normalized spacial score (nSPS) is 24.7. The van der Waals surface area contributed by atoms with Gasteiger partial charge in [-0.25, -0.2) is 9.36 Å². The maximum Gasteiger partial charge on any atom is 0.459 e. The summed E-state index contributed by atoms with van der Waals surface area (Å²) in [5.41, 5.74) is -2.15. The van der Waals surface area contributed by atoms with Gasteiger partial charge in [0.05, 0.1) is 18.9 Å². The number of para-hydroxylation sites is 1. The van der Waals surface area contributed by atoms with Crippen LogP contribution < -0.4 is 20.9 Å². The molecule has 0 saturated carbocycles. The predicted molar refractivity (Wildman–Crippen MR) is 124 cm³/mol. The van der Waals surface area contributed by atoms with Crippen LogP contribution in [0.3, 0.4) is 0 Å². The maximum absolute atomic E-state index is 13.8. The first-order valence-electron chi connectivity index (χ1n) is 10.7. The Balaban J connectivity index is 1.88. The number of hydrogen-bond acceptors (Lipinski definition) is 8. The van der Waals surface area contributed by atoms with Crippen molar-refractivity contribution < 1.29 is 32.3 Å². The first-order chi connectivity index (χ1) is 16.3. The number of nitrogens with zero attached hydrogens (tertiary/aromatic N) is 1. The zero-order valence-corrected chi connectivity index (χ0v) is 21.0. The van der Waals surface area contributed by atoms with Gasteiger partial charge in [-0.3, -0.25) is 23.7 Å². The van der Waals surface area contributed by atoms with Gasteiger partial charge < -0.3 is 14.0 Å². The standard InChI is InChI=1S/C21H26ClFN3O8P/c1-12(2)32-18(28)13(3)25-35(30,33-14-8-6-5-7-9-14)34-16-11-31-19(21(16,4)22)26-10-15(23)17(27)24-20(26)29/h5-10,12-13,16,19H,11H2,1-4H3,(H,25,30)(H,24,27,29)/t13-,16+,19+,21+,35?/m0/s1. The minimum absolute atomic E-state index is 0.179. The topological polar surface area (TPSA) is 138 Å². The van der Waals surface area contributed by atoms with E-state index in [1.54, 1.807) is 32.0 Å². The Morgan fingerprint density at radius 2 is 1.97 bits per heavy atom. The summed E-state index contributed by atoms with van der Waals surface area (Å²) in [7, 11) is -4.31. The van der Waals surface area contributed by atoms with E-state index in [1.807, 2.05) is 4.98 Å². The minimum Gasteiger partial charge on any atom is -0.462 e. The summed E-state index contributed by atoms with van der Waals surface area (Å²) in [5, 5.41) is 2.54. The van der Waals surface area contributed by atoms with Gasteiger partial charge in [-0.05, 0) is 39.8 Å². The average molecular weight is 534 g/mol. The van der Waals surface area contributed by atoms with E-state index in [-0.39, 0.29) is 12.4 Å². The highest BCUT2D eigenvalue weighted by molar-refractivity contribution is 7.52. The number of aromatic amines is 1. The van der Waals surface area contributed by atoms with Crippen molar-refractivity contribution in [2.75, 3.05) is 6.61 Å². The van der Waals surface area contributed by atoms with E-state index in [0.29, 0.717) is 6.20 Å². The van der Waals surface area contributed by atoms with Crippen LogP contribution in [-0.4, -0.2) is 45.3 Å². The number of rotatable bonds is 9. The molecule has 1 fully saturated rings. The number of aromatic nitrogens is 2. The van der Waals surface area contributed by atoms with E-state index in [0.717, 1.165) is 4.57 Å². The molecule has 1 unspecified atom stereocenters. The zero-order chi connectivity index (χ0) is 26.0. The van der Waals surface area contributed by atoms with E-state index >= 15 is 0 Å². The van der Waals surface area contributed by atoms with Gasteiger partial charge in [0.2, 0.25) is 5.82 Å². The second-order valence-corrected chi connectivity index (χ2v) is 10.8. The molecule has 2 aromatic rings. The Morgan fingerprint density at radius 3 is 2.60 bits per heavy atom. The Hall–Kier alpha value is -2.50. The van der Waals surface area contributed by atoms with Gasteiger partial charge >= 0.3 is 19.4 Å². The molecule has 1 aliphatic rings. The summed E-state index contributed by atoms with van der Waals surface area (Å²) < 4.78 is 50.5. The van der Waals surface area contributed by atoms with Crippen molar-refractivity contribution in [2.45, 2.75) is 57.0 Å². The third-order valence-electron chi connectivity index (χ3n) is 4.99. The first kappa shape index (κ1) is 27.1. The Bertz CT molecular complexity index is 1220. The molecule has 192 valence electrons. The molecule has 0 radical (unpaired) electrons. The van der Waals surface area contributed by atoms with Crippen molar-refractivity contribution in [1.82, 2.24) is 14.6 Å². The number of carbonyl (C=O) groups excluding carboxylic acids is 1. The summed E-state index contributed by atoms with van der Waals surface area (Å²) in [6, 6.07) is 6.99. The van der Waals surface area contributed by atoms with Gasteiger partial charge in [-0.15, -0.1) is 11.6 Å². The monoisotopic (exact) mass is 533 g/mol. The van der Waals surface area contributed by atoms with E-state index in [1.165, 1.54) is 26.0 Å². The van der Waals surface area contributed by atoms with Crippen LogP contribution >= 0.6 is 19.3 Å². The fraction of sp³-hybridized carbons (Fsp3) is 0.476. The van der Waals surface area contributed by atoms with E-state index in [9.17, 15) is 23.3 Å². The molecule has 11 nitrogen and oxygen atoms in total. The van der Waals surface area contributed by atoms with E-state index in [2.05, 4.69) is 5.09 Å². The number of halogens is 2. The molecule has 3 rings (SSSR count). The molecule has 35 heavy (non-hydrogen) atoms. The molecular weight excluding hydrogens is 508 g/mol. The van der Waals surface area contributed by atoms with Crippen molar-refractivity contribution in [1.29, 1.82) is 0 Å². The van der Waals surface area contributed by atoms with Crippen LogP contribution in [0.15, 0.2) is 46.1 Å². The lowest BCUT2D eigenvalue weighted by Gasteiger charge is -2.31. The van der Waals surface area contributed by atoms with Gasteiger partial charge in [0.25, 0.3) is 5.56 Å². The van der Waals surface area contributed by atoms with Crippen molar-refractivity contribution in [2.24, 2.45) is 0 Å². The van der Waals surface area contributed by atoms with Gasteiger partial charge in [-0.2, -0.15) is 9.48 Å². The summed E-state index contributed by atoms with van der Waals surface area (Å²) in [6.45, 7) is 5.91. The van der Waals surface area contributed by atoms with Crippen LogP contribution in [0.2, 0.25) is 0 Å². The van der Waals surface area contributed by atoms with Crippen molar-refractivity contribution in [3.63, 3.8) is 0 Å². The molecule has 0 aliphatic carbocycles. The number of nitrogens with one attached hydrogen (secondary N) is 2. The lowest BCUT2D eigenvalue weighted by molar-refractivity contribution is -0.149. The van der Waals surface area contributed by atoms with Crippen LogP contribution in [0, 0.1) is 5.82 Å². The van der Waals surface area contributed by atoms with Crippen LogP contribution in [0.4, 0.5) is 4.39 Å². The summed E-state index contributed by atoms with van der Waals surface area (Å²) >= 11 is 6.66. The number of benzene rings is 1. The molecule has 0 bridgehead atoms. The molecule has 5 atom stereocenters. The second-order valence-electron chi connectivity index (χ2n) is 8.31. The highest BCUT2D eigenvalue weighted by Gasteiger charge is 2.53. The van der Waals surface area contributed by atoms with Crippen LogP contribution in [0.25, 0.3) is 0 Å². The quantitative estimate of drug-likeness (QED) is 0.283. The summed E-state index contributed by atoms with van der Waals surface area (Å²) in [6.07, 6.45) is -2.20. The molecule has 1 aromatic carbocycles. The molecule has 1 aromatic heterocycles. The SMILES string of the molecule is CC(C)OC(=O)[C@H](C)NP(=O)(Oc1ccccc1)O[C@@H]1CO[C@@H](n2cc(F)c(=O)[nH]c2=O)[C@]1(C)Cl. The molecule has 14 heteroatoms. The average Bonchev–Trinajstić information content (AvgIpc) is 3.04. The molecule has 1 saturated heterocycles. The number of alkyl halides is 1. The summed E-state index contributed by atoms with van der Waals surface area (Å²) in [4.78, 5) is 36.2. The predicted octanol–water partition coefficient (Wildman–Crippen LogP) is 2.70. The smallest absolute Gasteiger partial charge is 0.459 e. The molecule has 0 spiro atoms. The molecular formula is C21H26ClFN3O8P. The van der Waals surface area contributed by atoms with Crippen molar-refractivity contribution >= 4 is 25.3 Å². The fourth-order valence-corrected chi connectivity index (χ4v) is 5.36. The molecule has 1 aliphatic heterocycles. The van der Waals surface area contributed by atoms with Gasteiger partial charge in [0.15, 0.2) is 6.23 Å². The Morgan fingerprint density at radius 1 is 1.31 bits per heavy atom. The summed E-state index contributed by atoms with van der Waals surface area (Å²) in [5.74, 6) is -1.73. The van der Waals surface area contributed by atoms with Crippen LogP contribution in [-0.2, 0) is 23.4 Å². The van der Waals surface area contributed by atoms with Gasteiger partial charge in [0, 0.05) is 0 Å². The Labute approximate surface area is 205 Å². The second kappa shape index (κ2) is 10.6. The van der Waals surface area contributed by atoms with E-state index in [4.69, 9.17) is 30.1 Å². The largest absolute Gasteiger partial charge is 0.462 e. The number of ether oxygens (including phenoxy) is 2. The zero-order valence-electron chi connectivity index (χ0n) is 19.4. The maximum atomic E-state index is 13.8. The number of H-pyrrole nitrogens is 1. The lowest BCUT2D eigenvalue weighted by Crippen LogP contribution is -2.44. The number of hydrogen-bond donors (Lipinski definition) is 2. The highest BCUT2D eigenvalue weighted by atomic mass is 35.5.